The van der Waals surface area contributed by atoms with Crippen molar-refractivity contribution in [1.82, 2.24) is 0 Å². The molecule has 0 saturated carbocycles. The molecule has 0 aliphatic carbocycles. The summed E-state index contributed by atoms with van der Waals surface area (Å²) in [6.07, 6.45) is -0.471. The van der Waals surface area contributed by atoms with Gasteiger partial charge in [-0.05, 0) is 24.5 Å². The normalized spacial score (nSPS) is 12.7. The van der Waals surface area contributed by atoms with E-state index in [-0.39, 0.29) is 11.5 Å². The fourth-order valence-corrected chi connectivity index (χ4v) is 3.15. The minimum Gasteiger partial charge on any atom is -0.453 e. The van der Waals surface area contributed by atoms with Gasteiger partial charge in [-0.3, -0.25) is 5.32 Å². The van der Waals surface area contributed by atoms with Gasteiger partial charge in [-0.15, -0.1) is 0 Å². The van der Waals surface area contributed by atoms with Crippen molar-refractivity contribution in [1.29, 1.82) is 0 Å². The van der Waals surface area contributed by atoms with E-state index in [1.54, 1.807) is 12.1 Å². The fraction of sp³-hybridized carbons (Fsp3) is 0.533. The smallest absolute Gasteiger partial charge is 0.411 e. The Bertz CT molecular complexity index is 614. The van der Waals surface area contributed by atoms with Crippen LogP contribution in [0.2, 0.25) is 0 Å². The summed E-state index contributed by atoms with van der Waals surface area (Å²) >= 11 is 0. The zero-order valence-corrected chi connectivity index (χ0v) is 14.6. The third kappa shape index (κ3) is 7.34. The monoisotopic (exact) mass is 345 g/mol. The van der Waals surface area contributed by atoms with Crippen LogP contribution in [0.1, 0.15) is 20.3 Å². The molecule has 0 fully saturated rings. The SMILES string of the molecule is COC(=O)Nc1cccc(OS(=O)(=O)C[C@H](CC(C)C)OC)c1. The van der Waals surface area contributed by atoms with Crippen molar-refractivity contribution >= 4 is 21.9 Å². The predicted octanol–water partition coefficient (Wildman–Crippen LogP) is 2.63. The lowest BCUT2D eigenvalue weighted by atomic mass is 10.1. The number of benzene rings is 1. The van der Waals surface area contributed by atoms with Crippen LogP contribution in [-0.4, -0.2) is 40.6 Å². The van der Waals surface area contributed by atoms with E-state index in [2.05, 4.69) is 10.1 Å². The predicted molar refractivity (Wildman–Crippen MR) is 87.1 cm³/mol. The molecule has 1 N–H and O–H groups in total. The summed E-state index contributed by atoms with van der Waals surface area (Å²) in [6, 6.07) is 6.05. The number of ether oxygens (including phenoxy) is 2. The Balaban J connectivity index is 2.77. The van der Waals surface area contributed by atoms with Gasteiger partial charge >= 0.3 is 16.2 Å². The number of methoxy groups -OCH3 is 2. The Kier molecular flexibility index (Phi) is 7.31. The molecule has 0 aliphatic rings. The van der Waals surface area contributed by atoms with E-state index in [9.17, 15) is 13.2 Å². The van der Waals surface area contributed by atoms with E-state index in [1.807, 2.05) is 13.8 Å². The molecule has 0 unspecified atom stereocenters. The second kappa shape index (κ2) is 8.73. The summed E-state index contributed by atoms with van der Waals surface area (Å²) in [5.41, 5.74) is 0.370. The summed E-state index contributed by atoms with van der Waals surface area (Å²) in [5.74, 6) is 0.178. The molecule has 1 atom stereocenters. The number of hydrogen-bond donors (Lipinski definition) is 1. The van der Waals surface area contributed by atoms with Gasteiger partial charge in [0.1, 0.15) is 11.5 Å². The van der Waals surface area contributed by atoms with E-state index in [4.69, 9.17) is 8.92 Å². The van der Waals surface area contributed by atoms with Crippen LogP contribution in [0.4, 0.5) is 10.5 Å². The molecule has 1 aromatic carbocycles. The minimum absolute atomic E-state index is 0.110. The van der Waals surface area contributed by atoms with Crippen LogP contribution in [0, 0.1) is 5.92 Å². The van der Waals surface area contributed by atoms with Crippen LogP contribution in [0.3, 0.4) is 0 Å². The van der Waals surface area contributed by atoms with Gasteiger partial charge in [0.2, 0.25) is 0 Å². The molecule has 0 bridgehead atoms. The van der Waals surface area contributed by atoms with Crippen LogP contribution < -0.4 is 9.50 Å². The number of amides is 1. The average Bonchev–Trinajstić information content (AvgIpc) is 2.45. The first-order valence-corrected chi connectivity index (χ1v) is 8.73. The molecular weight excluding hydrogens is 322 g/mol. The standard InChI is InChI=1S/C15H23NO6S/c1-11(2)8-14(20-3)10-23(18,19)22-13-7-5-6-12(9-13)16-15(17)21-4/h5-7,9,11,14H,8,10H2,1-4H3,(H,16,17)/t14-/m0/s1. The number of carbonyl (C=O) groups excluding carboxylic acids is 1. The van der Waals surface area contributed by atoms with Crippen molar-refractivity contribution in [3.63, 3.8) is 0 Å². The number of hydrogen-bond acceptors (Lipinski definition) is 6. The Morgan fingerprint density at radius 2 is 1.96 bits per heavy atom. The van der Waals surface area contributed by atoms with Crippen molar-refractivity contribution in [2.24, 2.45) is 5.92 Å². The van der Waals surface area contributed by atoms with Gasteiger partial charge in [-0.1, -0.05) is 19.9 Å². The zero-order chi connectivity index (χ0) is 17.5. The molecule has 0 heterocycles. The largest absolute Gasteiger partial charge is 0.453 e. The maximum atomic E-state index is 12.1. The van der Waals surface area contributed by atoms with Crippen molar-refractivity contribution in [3.05, 3.63) is 24.3 Å². The number of rotatable bonds is 8. The van der Waals surface area contributed by atoms with Crippen molar-refractivity contribution in [2.45, 2.75) is 26.4 Å². The maximum Gasteiger partial charge on any atom is 0.411 e. The van der Waals surface area contributed by atoms with E-state index in [0.717, 1.165) is 0 Å². The molecule has 0 aliphatic heterocycles. The van der Waals surface area contributed by atoms with Gasteiger partial charge in [0.05, 0.1) is 13.2 Å². The Morgan fingerprint density at radius 1 is 1.26 bits per heavy atom. The van der Waals surface area contributed by atoms with Crippen LogP contribution in [-0.2, 0) is 19.6 Å². The molecule has 7 nitrogen and oxygen atoms in total. The highest BCUT2D eigenvalue weighted by atomic mass is 32.2. The lowest BCUT2D eigenvalue weighted by Crippen LogP contribution is -2.27. The quantitative estimate of drug-likeness (QED) is 0.728. The molecule has 130 valence electrons. The van der Waals surface area contributed by atoms with Crippen LogP contribution in [0.15, 0.2) is 24.3 Å². The minimum atomic E-state index is -3.81. The topological polar surface area (TPSA) is 90.9 Å². The summed E-state index contributed by atoms with van der Waals surface area (Å²) in [7, 11) is -1.10. The van der Waals surface area contributed by atoms with Crippen LogP contribution in [0.5, 0.6) is 5.75 Å². The van der Waals surface area contributed by atoms with Gasteiger partial charge in [0.15, 0.2) is 0 Å². The molecule has 0 radical (unpaired) electrons. The molecule has 0 spiro atoms. The summed E-state index contributed by atoms with van der Waals surface area (Å²) < 4.78 is 39.0. The average molecular weight is 345 g/mol. The second-order valence-electron chi connectivity index (χ2n) is 5.44. The van der Waals surface area contributed by atoms with Gasteiger partial charge < -0.3 is 13.7 Å². The van der Waals surface area contributed by atoms with E-state index < -0.39 is 22.3 Å². The van der Waals surface area contributed by atoms with Crippen LogP contribution >= 0.6 is 0 Å². The van der Waals surface area contributed by atoms with E-state index in [0.29, 0.717) is 18.0 Å². The third-order valence-corrected chi connectivity index (χ3v) is 4.17. The van der Waals surface area contributed by atoms with Crippen molar-refractivity contribution < 1.29 is 26.9 Å². The summed E-state index contributed by atoms with van der Waals surface area (Å²) in [6.45, 7) is 3.98. The first kappa shape index (κ1) is 19.2. The van der Waals surface area contributed by atoms with Crippen molar-refractivity contribution in [2.75, 3.05) is 25.3 Å². The Labute approximate surface area is 137 Å². The van der Waals surface area contributed by atoms with Gasteiger partial charge in [0.25, 0.3) is 0 Å². The Hall–Kier alpha value is -1.80. The van der Waals surface area contributed by atoms with Crippen LogP contribution in [0.25, 0.3) is 0 Å². The molecule has 1 amide bonds. The van der Waals surface area contributed by atoms with E-state index >= 15 is 0 Å². The highest BCUT2D eigenvalue weighted by molar-refractivity contribution is 7.87. The van der Waals surface area contributed by atoms with Crippen molar-refractivity contribution in [3.8, 4) is 5.75 Å². The first-order chi connectivity index (χ1) is 10.8. The van der Waals surface area contributed by atoms with Gasteiger partial charge in [-0.2, -0.15) is 8.42 Å². The summed E-state index contributed by atoms with van der Waals surface area (Å²) in [5, 5.41) is 2.44. The maximum absolute atomic E-state index is 12.1. The summed E-state index contributed by atoms with van der Waals surface area (Å²) in [4.78, 5) is 11.2. The van der Waals surface area contributed by atoms with E-state index in [1.165, 1.54) is 26.4 Å². The van der Waals surface area contributed by atoms with Gasteiger partial charge in [0, 0.05) is 18.9 Å². The molecule has 0 aromatic heterocycles. The molecule has 8 heteroatoms. The fourth-order valence-electron chi connectivity index (χ4n) is 1.96. The highest BCUT2D eigenvalue weighted by Gasteiger charge is 2.22. The lowest BCUT2D eigenvalue weighted by Gasteiger charge is -2.17. The lowest BCUT2D eigenvalue weighted by molar-refractivity contribution is 0.101. The first-order valence-electron chi connectivity index (χ1n) is 7.15. The molecular formula is C15H23NO6S. The third-order valence-electron chi connectivity index (χ3n) is 2.95. The zero-order valence-electron chi connectivity index (χ0n) is 13.7. The molecule has 23 heavy (non-hydrogen) atoms. The highest BCUT2D eigenvalue weighted by Crippen LogP contribution is 2.20. The molecule has 1 aromatic rings. The molecule has 1 rings (SSSR count). The number of nitrogens with one attached hydrogen (secondary N) is 1. The number of carbonyl (C=O) groups is 1. The second-order valence-corrected chi connectivity index (χ2v) is 7.05. The molecule has 0 saturated heterocycles. The number of anilines is 1. The van der Waals surface area contributed by atoms with Gasteiger partial charge in [-0.25, -0.2) is 4.79 Å². The Morgan fingerprint density at radius 3 is 2.52 bits per heavy atom.